The molecule has 4 aliphatic rings. The van der Waals surface area contributed by atoms with E-state index in [4.69, 9.17) is 23.2 Å². The van der Waals surface area contributed by atoms with Crippen LogP contribution in [-0.4, -0.2) is 49.6 Å². The Morgan fingerprint density at radius 2 is 1.52 bits per heavy atom. The molecule has 9 nitrogen and oxygen atoms in total. The van der Waals surface area contributed by atoms with E-state index in [9.17, 15) is 47.4 Å². The number of aromatic hydroxyl groups is 1. The van der Waals surface area contributed by atoms with Gasteiger partial charge in [-0.05, 0) is 48.9 Å². The first kappa shape index (κ1) is 35.3. The maximum Gasteiger partial charge on any atom is 0.335 e. The van der Waals surface area contributed by atoms with Gasteiger partial charge in [0.15, 0.2) is 33.0 Å². The van der Waals surface area contributed by atoms with Gasteiger partial charge in [-0.25, -0.2) is 31.6 Å². The van der Waals surface area contributed by atoms with Crippen LogP contribution >= 0.6 is 23.2 Å². The number of allylic oxidation sites excluding steroid dienone is 3. The van der Waals surface area contributed by atoms with Crippen LogP contribution in [0.1, 0.15) is 40.2 Å². The van der Waals surface area contributed by atoms with Crippen molar-refractivity contribution >= 4 is 64.2 Å². The molecule has 2 aliphatic carbocycles. The number of fused-ring (bicyclic) bond motifs is 4. The highest BCUT2D eigenvalue weighted by Crippen LogP contribution is 2.67. The molecule has 3 aromatic carbocycles. The van der Waals surface area contributed by atoms with Gasteiger partial charge in [-0.3, -0.25) is 24.1 Å². The summed E-state index contributed by atoms with van der Waals surface area (Å²) in [4.78, 5) is 63.4. The van der Waals surface area contributed by atoms with Gasteiger partial charge >= 0.3 is 5.97 Å². The summed E-state index contributed by atoms with van der Waals surface area (Å²) >= 11 is 14.3. The van der Waals surface area contributed by atoms with Crippen molar-refractivity contribution in [2.75, 3.05) is 9.80 Å². The zero-order chi connectivity index (χ0) is 37.8. The Hall–Kier alpha value is -5.08. The second kappa shape index (κ2) is 12.0. The molecular weight excluding hydrogens is 738 g/mol. The number of anilines is 2. The zero-order valence-electron chi connectivity index (χ0n) is 26.3. The topological polar surface area (TPSA) is 132 Å². The predicted molar refractivity (Wildman–Crippen MR) is 174 cm³/mol. The fraction of sp³-hybridized carbons (Fsp3) is 0.250. The van der Waals surface area contributed by atoms with Crippen LogP contribution in [0, 0.1) is 46.8 Å². The summed E-state index contributed by atoms with van der Waals surface area (Å²) in [5.41, 5.74) is -1.94. The van der Waals surface area contributed by atoms with Crippen molar-refractivity contribution < 1.29 is 56.1 Å². The minimum absolute atomic E-state index is 0.0649. The molecule has 1 saturated carbocycles. The maximum atomic E-state index is 15.3. The number of hydrogen-bond donors (Lipinski definition) is 2. The number of para-hydroxylation sites is 1. The number of carbonyl (C=O) groups is 5. The van der Waals surface area contributed by atoms with Crippen LogP contribution in [0.25, 0.3) is 0 Å². The standard InChI is InChI=1S/C36H23Cl2F5N2O7/c1-2-5-14-6-4-9-19(29(14)46)22-17-10-11-18-21(31(48)44(30(18)47)16-8-3-7-15(12-16)32(49)50)20(17)13-35(37)33(51)45(34(52)36(22,35)38)28-26(42)24(40)23(39)25(41)27(28)43/h2-4,6-10,12,18,20-22,46H,1,5,11,13H2,(H,49,50). The first-order valence-corrected chi connectivity index (χ1v) is 16.4. The molecule has 16 heteroatoms. The molecule has 0 spiro atoms. The van der Waals surface area contributed by atoms with Crippen molar-refractivity contribution in [3.8, 4) is 5.75 Å². The number of phenols is 1. The number of amides is 4. The number of rotatable bonds is 6. The van der Waals surface area contributed by atoms with Gasteiger partial charge in [-0.2, -0.15) is 0 Å². The number of aromatic carboxylic acids is 1. The van der Waals surface area contributed by atoms with Crippen LogP contribution in [0.3, 0.4) is 0 Å². The van der Waals surface area contributed by atoms with E-state index in [1.54, 1.807) is 0 Å². The lowest BCUT2D eigenvalue weighted by molar-refractivity contribution is -0.125. The second-order valence-electron chi connectivity index (χ2n) is 12.9. The molecule has 2 saturated heterocycles. The first-order valence-electron chi connectivity index (χ1n) is 15.6. The monoisotopic (exact) mass is 760 g/mol. The number of carbonyl (C=O) groups excluding carboxylic acids is 4. The van der Waals surface area contributed by atoms with E-state index in [2.05, 4.69) is 6.58 Å². The van der Waals surface area contributed by atoms with Crippen molar-refractivity contribution in [2.45, 2.75) is 34.9 Å². The predicted octanol–water partition coefficient (Wildman–Crippen LogP) is 6.28. The van der Waals surface area contributed by atoms with Gasteiger partial charge in [0.25, 0.3) is 11.8 Å². The normalized spacial score (nSPS) is 28.1. The molecule has 2 N–H and O–H groups in total. The van der Waals surface area contributed by atoms with Crippen LogP contribution in [0.5, 0.6) is 5.75 Å². The van der Waals surface area contributed by atoms with E-state index in [1.807, 2.05) is 0 Å². The molecule has 2 aliphatic heterocycles. The first-order chi connectivity index (χ1) is 24.5. The highest BCUT2D eigenvalue weighted by Gasteiger charge is 2.77. The molecule has 3 aromatic rings. The van der Waals surface area contributed by atoms with E-state index in [0.29, 0.717) is 0 Å². The summed E-state index contributed by atoms with van der Waals surface area (Å²) < 4.78 is 73.5. The van der Waals surface area contributed by atoms with E-state index in [-0.39, 0.29) is 45.7 Å². The Balaban J connectivity index is 1.44. The fourth-order valence-corrected chi connectivity index (χ4v) is 9.04. The molecule has 6 unspecified atom stereocenters. The molecule has 4 amide bonds. The minimum atomic E-state index is -2.81. The Kier molecular flexibility index (Phi) is 8.14. The molecule has 0 radical (unpaired) electrons. The lowest BCUT2D eigenvalue weighted by Crippen LogP contribution is -2.60. The molecule has 52 heavy (non-hydrogen) atoms. The average Bonchev–Trinajstić information content (AvgIpc) is 3.46. The van der Waals surface area contributed by atoms with Gasteiger partial charge in [-0.15, -0.1) is 29.8 Å². The van der Waals surface area contributed by atoms with Crippen molar-refractivity contribution in [1.29, 1.82) is 0 Å². The van der Waals surface area contributed by atoms with Crippen molar-refractivity contribution in [2.24, 2.45) is 17.8 Å². The summed E-state index contributed by atoms with van der Waals surface area (Å²) in [5.74, 6) is -24.5. The summed E-state index contributed by atoms with van der Waals surface area (Å²) in [5, 5.41) is 21.0. The highest BCUT2D eigenvalue weighted by atomic mass is 35.5. The van der Waals surface area contributed by atoms with Gasteiger partial charge in [0, 0.05) is 11.5 Å². The number of carboxylic acids is 1. The van der Waals surface area contributed by atoms with E-state index in [1.165, 1.54) is 48.6 Å². The number of phenolic OH excluding ortho intramolecular Hbond substituents is 1. The van der Waals surface area contributed by atoms with Gasteiger partial charge in [0.1, 0.15) is 11.4 Å². The van der Waals surface area contributed by atoms with Gasteiger partial charge in [0.05, 0.1) is 23.1 Å². The third-order valence-corrected chi connectivity index (χ3v) is 11.8. The Bertz CT molecular complexity index is 2200. The van der Waals surface area contributed by atoms with E-state index >= 15 is 8.78 Å². The molecule has 3 fully saturated rings. The summed E-state index contributed by atoms with van der Waals surface area (Å²) in [7, 11) is 0. The van der Waals surface area contributed by atoms with Crippen molar-refractivity contribution in [3.63, 3.8) is 0 Å². The Morgan fingerprint density at radius 3 is 2.15 bits per heavy atom. The fourth-order valence-electron chi connectivity index (χ4n) is 8.11. The number of nitrogens with zero attached hydrogens (tertiary/aromatic N) is 2. The SMILES string of the molecule is C=CCc1cccc(C2C3=CCC4C(=O)N(c5cccc(C(=O)O)c5)C(=O)C4C3CC3(Cl)C(=O)N(c4c(F)c(F)c(F)c(F)c4F)C(=O)C23Cl)c1O. The van der Waals surface area contributed by atoms with Crippen LogP contribution in [0.4, 0.5) is 33.3 Å². The van der Waals surface area contributed by atoms with Crippen molar-refractivity contribution in [1.82, 2.24) is 0 Å². The van der Waals surface area contributed by atoms with Gasteiger partial charge in [0.2, 0.25) is 17.6 Å². The molecule has 268 valence electrons. The second-order valence-corrected chi connectivity index (χ2v) is 14.1. The van der Waals surface area contributed by atoms with Crippen LogP contribution in [-0.2, 0) is 25.6 Å². The lowest BCUT2D eigenvalue weighted by atomic mass is 9.56. The molecule has 2 heterocycles. The largest absolute Gasteiger partial charge is 0.507 e. The quantitative estimate of drug-likeness (QED) is 0.0755. The Morgan fingerprint density at radius 1 is 0.885 bits per heavy atom. The number of imide groups is 2. The maximum absolute atomic E-state index is 15.3. The molecular formula is C36H23Cl2F5N2O7. The third-order valence-electron chi connectivity index (χ3n) is 10.4. The highest BCUT2D eigenvalue weighted by molar-refractivity contribution is 6.58. The molecule has 6 atom stereocenters. The summed E-state index contributed by atoms with van der Waals surface area (Å²) in [6.45, 7) is 3.64. The molecule has 7 rings (SSSR count). The summed E-state index contributed by atoms with van der Waals surface area (Å²) in [6.07, 6.45) is 2.12. The van der Waals surface area contributed by atoms with Gasteiger partial charge < -0.3 is 10.2 Å². The molecule has 0 bridgehead atoms. The van der Waals surface area contributed by atoms with Crippen molar-refractivity contribution in [3.05, 3.63) is 113 Å². The average molecular weight is 761 g/mol. The molecule has 0 aromatic heterocycles. The van der Waals surface area contributed by atoms with E-state index in [0.717, 1.165) is 11.0 Å². The summed E-state index contributed by atoms with van der Waals surface area (Å²) in [6, 6.07) is 9.33. The van der Waals surface area contributed by atoms with Crippen LogP contribution in [0.2, 0.25) is 0 Å². The third kappa shape index (κ3) is 4.49. The van der Waals surface area contributed by atoms with Gasteiger partial charge in [-0.1, -0.05) is 42.0 Å². The lowest BCUT2D eigenvalue weighted by Gasteiger charge is -2.50. The number of carboxylic acid groups (broad SMARTS) is 1. The zero-order valence-corrected chi connectivity index (χ0v) is 27.8. The van der Waals surface area contributed by atoms with E-state index < -0.39 is 110 Å². The Labute approximate surface area is 300 Å². The smallest absolute Gasteiger partial charge is 0.335 e. The van der Waals surface area contributed by atoms with Crippen LogP contribution < -0.4 is 9.80 Å². The number of benzene rings is 3. The minimum Gasteiger partial charge on any atom is -0.507 e. The number of halogens is 7. The number of hydrogen-bond acceptors (Lipinski definition) is 6. The van der Waals surface area contributed by atoms with Crippen LogP contribution in [0.15, 0.2) is 66.8 Å². The number of alkyl halides is 2.